The first kappa shape index (κ1) is 14.7. The fraction of sp³-hybridized carbons (Fsp3) is 0.357. The van der Waals surface area contributed by atoms with Crippen molar-refractivity contribution in [3.05, 3.63) is 28.8 Å². The highest BCUT2D eigenvalue weighted by atomic mass is 35.5. The Labute approximate surface area is 121 Å². The Morgan fingerprint density at radius 2 is 2.35 bits per heavy atom. The van der Waals surface area contributed by atoms with Crippen molar-refractivity contribution < 1.29 is 24.1 Å². The molecule has 1 N–H and O–H groups in total. The molecule has 1 aromatic rings. The number of aliphatic carboxylic acids is 1. The van der Waals surface area contributed by atoms with E-state index in [0.29, 0.717) is 35.3 Å². The van der Waals surface area contributed by atoms with Gasteiger partial charge in [0.05, 0.1) is 20.3 Å². The molecule has 1 aliphatic heterocycles. The van der Waals surface area contributed by atoms with Crippen LogP contribution in [0, 0.1) is 0 Å². The van der Waals surface area contributed by atoms with Gasteiger partial charge in [-0.15, -0.1) is 0 Å². The minimum atomic E-state index is -1.04. The number of hydrogen-bond acceptors (Lipinski definition) is 4. The van der Waals surface area contributed by atoms with Crippen LogP contribution in [0.2, 0.25) is 5.02 Å². The van der Waals surface area contributed by atoms with Gasteiger partial charge >= 0.3 is 5.97 Å². The molecule has 0 amide bonds. The number of halogens is 1. The van der Waals surface area contributed by atoms with Crippen molar-refractivity contribution in [2.75, 3.05) is 20.3 Å². The number of carboxylic acids is 1. The average molecular weight is 299 g/mol. The molecule has 1 fully saturated rings. The standard InChI is InChI=1S/C14H15ClO5/c1-18-12-7-10(15)6-9(2-3-13(16)17)14(12)20-11-4-5-19-8-11/h2-3,6-7,11H,4-5,8H2,1H3,(H,16,17)/b3-2+. The second-order valence-electron chi connectivity index (χ2n) is 4.30. The van der Waals surface area contributed by atoms with Crippen molar-refractivity contribution in [3.8, 4) is 11.5 Å². The smallest absolute Gasteiger partial charge is 0.328 e. The third kappa shape index (κ3) is 3.65. The molecule has 0 spiro atoms. The van der Waals surface area contributed by atoms with E-state index < -0.39 is 5.97 Å². The minimum absolute atomic E-state index is 0.0675. The molecule has 20 heavy (non-hydrogen) atoms. The van der Waals surface area contributed by atoms with Gasteiger partial charge in [-0.25, -0.2) is 4.79 Å². The van der Waals surface area contributed by atoms with Crippen LogP contribution in [0.3, 0.4) is 0 Å². The van der Waals surface area contributed by atoms with Crippen molar-refractivity contribution in [2.45, 2.75) is 12.5 Å². The highest BCUT2D eigenvalue weighted by molar-refractivity contribution is 6.31. The molecule has 2 rings (SSSR count). The van der Waals surface area contributed by atoms with Gasteiger partial charge in [-0.2, -0.15) is 0 Å². The molecule has 5 nitrogen and oxygen atoms in total. The van der Waals surface area contributed by atoms with Crippen LogP contribution < -0.4 is 9.47 Å². The second-order valence-corrected chi connectivity index (χ2v) is 4.74. The zero-order valence-electron chi connectivity index (χ0n) is 11.0. The molecule has 0 radical (unpaired) electrons. The van der Waals surface area contributed by atoms with Crippen LogP contribution in [-0.4, -0.2) is 37.5 Å². The van der Waals surface area contributed by atoms with Gasteiger partial charge in [0, 0.05) is 29.1 Å². The van der Waals surface area contributed by atoms with Crippen LogP contribution in [0.25, 0.3) is 6.08 Å². The number of carboxylic acid groups (broad SMARTS) is 1. The largest absolute Gasteiger partial charge is 0.493 e. The molecular formula is C14H15ClO5. The van der Waals surface area contributed by atoms with E-state index in [1.165, 1.54) is 13.2 Å². The second kappa shape index (κ2) is 6.63. The molecular weight excluding hydrogens is 284 g/mol. The summed E-state index contributed by atoms with van der Waals surface area (Å²) >= 11 is 5.99. The van der Waals surface area contributed by atoms with Crippen LogP contribution in [0.4, 0.5) is 0 Å². The van der Waals surface area contributed by atoms with Gasteiger partial charge in [0.1, 0.15) is 6.10 Å². The molecule has 0 saturated carbocycles. The Morgan fingerprint density at radius 3 is 2.95 bits per heavy atom. The van der Waals surface area contributed by atoms with Gasteiger partial charge in [0.2, 0.25) is 0 Å². The first-order valence-electron chi connectivity index (χ1n) is 6.13. The van der Waals surface area contributed by atoms with Gasteiger partial charge in [0.25, 0.3) is 0 Å². The summed E-state index contributed by atoms with van der Waals surface area (Å²) in [7, 11) is 1.51. The predicted molar refractivity (Wildman–Crippen MR) is 74.5 cm³/mol. The summed E-state index contributed by atoms with van der Waals surface area (Å²) in [4.78, 5) is 10.7. The van der Waals surface area contributed by atoms with Crippen LogP contribution >= 0.6 is 11.6 Å². The van der Waals surface area contributed by atoms with Gasteiger partial charge in [-0.05, 0) is 12.1 Å². The lowest BCUT2D eigenvalue weighted by Crippen LogP contribution is -2.16. The van der Waals surface area contributed by atoms with Crippen LogP contribution in [0.1, 0.15) is 12.0 Å². The summed E-state index contributed by atoms with van der Waals surface area (Å²) in [5, 5.41) is 9.18. The third-order valence-corrected chi connectivity index (χ3v) is 3.06. The normalized spacial score (nSPS) is 18.4. The first-order chi connectivity index (χ1) is 9.60. The van der Waals surface area contributed by atoms with E-state index in [1.54, 1.807) is 12.1 Å². The topological polar surface area (TPSA) is 65.0 Å². The summed E-state index contributed by atoms with van der Waals surface area (Å²) < 4.78 is 16.4. The highest BCUT2D eigenvalue weighted by Crippen LogP contribution is 2.37. The maximum absolute atomic E-state index is 10.7. The van der Waals surface area contributed by atoms with Gasteiger partial charge in [0.15, 0.2) is 11.5 Å². The van der Waals surface area contributed by atoms with E-state index in [2.05, 4.69) is 0 Å². The number of rotatable bonds is 5. The molecule has 1 atom stereocenters. The lowest BCUT2D eigenvalue weighted by Gasteiger charge is -2.17. The Hall–Kier alpha value is -1.72. The molecule has 1 saturated heterocycles. The van der Waals surface area contributed by atoms with Crippen molar-refractivity contribution in [1.29, 1.82) is 0 Å². The summed E-state index contributed by atoms with van der Waals surface area (Å²) in [6, 6.07) is 3.26. The Bertz CT molecular complexity index is 521. The fourth-order valence-corrected chi connectivity index (χ4v) is 2.14. The van der Waals surface area contributed by atoms with Gasteiger partial charge in [-0.1, -0.05) is 11.6 Å². The van der Waals surface area contributed by atoms with Crippen molar-refractivity contribution in [2.24, 2.45) is 0 Å². The zero-order valence-corrected chi connectivity index (χ0v) is 11.7. The van der Waals surface area contributed by atoms with E-state index in [-0.39, 0.29) is 6.10 Å². The maximum atomic E-state index is 10.7. The van der Waals surface area contributed by atoms with Gasteiger partial charge < -0.3 is 19.3 Å². The molecule has 1 heterocycles. The van der Waals surface area contributed by atoms with Crippen molar-refractivity contribution in [1.82, 2.24) is 0 Å². The zero-order chi connectivity index (χ0) is 14.5. The average Bonchev–Trinajstić information content (AvgIpc) is 2.91. The molecule has 0 aromatic heterocycles. The maximum Gasteiger partial charge on any atom is 0.328 e. The molecule has 1 aliphatic rings. The third-order valence-electron chi connectivity index (χ3n) is 2.85. The van der Waals surface area contributed by atoms with E-state index in [4.69, 9.17) is 30.9 Å². The van der Waals surface area contributed by atoms with Crippen molar-refractivity contribution >= 4 is 23.6 Å². The fourth-order valence-electron chi connectivity index (χ4n) is 1.92. The number of hydrogen-bond donors (Lipinski definition) is 1. The Kier molecular flexibility index (Phi) is 4.87. The summed E-state index contributed by atoms with van der Waals surface area (Å²) in [5.74, 6) is -0.0987. The molecule has 0 aliphatic carbocycles. The molecule has 108 valence electrons. The highest BCUT2D eigenvalue weighted by Gasteiger charge is 2.21. The van der Waals surface area contributed by atoms with Crippen molar-refractivity contribution in [3.63, 3.8) is 0 Å². The molecule has 1 unspecified atom stereocenters. The Balaban J connectivity index is 2.35. The lowest BCUT2D eigenvalue weighted by molar-refractivity contribution is -0.131. The molecule has 6 heteroatoms. The minimum Gasteiger partial charge on any atom is -0.493 e. The number of methoxy groups -OCH3 is 1. The SMILES string of the molecule is COc1cc(Cl)cc(/C=C/C(=O)O)c1OC1CCOC1. The first-order valence-corrected chi connectivity index (χ1v) is 6.51. The van der Waals surface area contributed by atoms with E-state index in [1.807, 2.05) is 0 Å². The van der Waals surface area contributed by atoms with E-state index in [0.717, 1.165) is 12.5 Å². The summed E-state index contributed by atoms with van der Waals surface area (Å²) in [5.41, 5.74) is 0.559. The molecule has 1 aromatic carbocycles. The summed E-state index contributed by atoms with van der Waals surface area (Å²) in [6.07, 6.45) is 3.18. The number of carbonyl (C=O) groups is 1. The van der Waals surface area contributed by atoms with E-state index in [9.17, 15) is 4.79 Å². The van der Waals surface area contributed by atoms with Gasteiger partial charge in [-0.3, -0.25) is 0 Å². The number of ether oxygens (including phenoxy) is 3. The lowest BCUT2D eigenvalue weighted by atomic mass is 10.1. The van der Waals surface area contributed by atoms with Crippen LogP contribution in [0.5, 0.6) is 11.5 Å². The van der Waals surface area contributed by atoms with Crippen LogP contribution in [0.15, 0.2) is 18.2 Å². The number of benzene rings is 1. The summed E-state index contributed by atoms with van der Waals surface area (Å²) in [6.45, 7) is 1.16. The Morgan fingerprint density at radius 1 is 1.55 bits per heavy atom. The molecule has 0 bridgehead atoms. The monoisotopic (exact) mass is 298 g/mol. The quantitative estimate of drug-likeness (QED) is 0.847. The van der Waals surface area contributed by atoms with E-state index >= 15 is 0 Å². The van der Waals surface area contributed by atoms with Crippen LogP contribution in [-0.2, 0) is 9.53 Å². The predicted octanol–water partition coefficient (Wildman–Crippen LogP) is 2.61.